The van der Waals surface area contributed by atoms with Gasteiger partial charge in [-0.1, -0.05) is 37.3 Å². The molecule has 0 spiro atoms. The van der Waals surface area contributed by atoms with Crippen molar-refractivity contribution in [1.82, 2.24) is 0 Å². The SMILES string of the molecule is CCCOC(=O)C(C)OCCc1ccccc1. The molecular weight excluding hydrogens is 216 g/mol. The lowest BCUT2D eigenvalue weighted by atomic mass is 10.2. The van der Waals surface area contributed by atoms with Crippen molar-refractivity contribution in [3.05, 3.63) is 35.9 Å². The molecule has 0 heterocycles. The summed E-state index contributed by atoms with van der Waals surface area (Å²) in [7, 11) is 0. The second kappa shape index (κ2) is 7.85. The molecule has 0 aliphatic rings. The molecule has 0 aromatic heterocycles. The fraction of sp³-hybridized carbons (Fsp3) is 0.500. The van der Waals surface area contributed by atoms with E-state index < -0.39 is 6.10 Å². The van der Waals surface area contributed by atoms with Gasteiger partial charge < -0.3 is 9.47 Å². The first-order valence-electron chi connectivity index (χ1n) is 6.06. The van der Waals surface area contributed by atoms with Crippen molar-refractivity contribution < 1.29 is 14.3 Å². The van der Waals surface area contributed by atoms with E-state index in [1.807, 2.05) is 37.3 Å². The van der Waals surface area contributed by atoms with Gasteiger partial charge in [-0.3, -0.25) is 0 Å². The molecule has 94 valence electrons. The van der Waals surface area contributed by atoms with Crippen LogP contribution in [-0.2, 0) is 20.7 Å². The van der Waals surface area contributed by atoms with Gasteiger partial charge in [0.15, 0.2) is 6.10 Å². The summed E-state index contributed by atoms with van der Waals surface area (Å²) in [5.74, 6) is -0.278. The van der Waals surface area contributed by atoms with Crippen LogP contribution in [0.1, 0.15) is 25.8 Å². The lowest BCUT2D eigenvalue weighted by Gasteiger charge is -2.12. The molecule has 1 aromatic carbocycles. The minimum Gasteiger partial charge on any atom is -0.464 e. The fourth-order valence-electron chi connectivity index (χ4n) is 1.39. The van der Waals surface area contributed by atoms with Crippen LogP contribution in [0.4, 0.5) is 0 Å². The van der Waals surface area contributed by atoms with E-state index in [-0.39, 0.29) is 5.97 Å². The number of rotatable bonds is 7. The molecule has 17 heavy (non-hydrogen) atoms. The largest absolute Gasteiger partial charge is 0.464 e. The van der Waals surface area contributed by atoms with Crippen LogP contribution in [0.2, 0.25) is 0 Å². The number of ether oxygens (including phenoxy) is 2. The van der Waals surface area contributed by atoms with Crippen molar-refractivity contribution >= 4 is 5.97 Å². The molecule has 3 nitrogen and oxygen atoms in total. The van der Waals surface area contributed by atoms with Crippen molar-refractivity contribution in [3.8, 4) is 0 Å². The van der Waals surface area contributed by atoms with Crippen molar-refractivity contribution in [1.29, 1.82) is 0 Å². The maximum atomic E-state index is 11.4. The first-order valence-corrected chi connectivity index (χ1v) is 6.06. The zero-order chi connectivity index (χ0) is 12.5. The molecule has 0 fully saturated rings. The average molecular weight is 236 g/mol. The Labute approximate surface area is 103 Å². The third-order valence-corrected chi connectivity index (χ3v) is 2.38. The number of carbonyl (C=O) groups excluding carboxylic acids is 1. The van der Waals surface area contributed by atoms with E-state index in [0.29, 0.717) is 13.2 Å². The summed E-state index contributed by atoms with van der Waals surface area (Å²) in [6.45, 7) is 4.69. The number of esters is 1. The van der Waals surface area contributed by atoms with Crippen LogP contribution in [0.15, 0.2) is 30.3 Å². The Hall–Kier alpha value is -1.35. The number of hydrogen-bond donors (Lipinski definition) is 0. The van der Waals surface area contributed by atoms with Gasteiger partial charge in [0.05, 0.1) is 13.2 Å². The first kappa shape index (κ1) is 13.7. The standard InChI is InChI=1S/C14H20O3/c1-3-10-17-14(15)12(2)16-11-9-13-7-5-4-6-8-13/h4-8,12H,3,9-11H2,1-2H3. The molecular formula is C14H20O3. The highest BCUT2D eigenvalue weighted by Crippen LogP contribution is 2.02. The van der Waals surface area contributed by atoms with Gasteiger partial charge in [0.2, 0.25) is 0 Å². The topological polar surface area (TPSA) is 35.5 Å². The number of hydrogen-bond acceptors (Lipinski definition) is 3. The molecule has 0 aliphatic heterocycles. The molecule has 1 atom stereocenters. The fourth-order valence-corrected chi connectivity index (χ4v) is 1.39. The smallest absolute Gasteiger partial charge is 0.334 e. The molecule has 0 bridgehead atoms. The Kier molecular flexibility index (Phi) is 6.33. The number of carbonyl (C=O) groups is 1. The van der Waals surface area contributed by atoms with E-state index >= 15 is 0 Å². The third kappa shape index (κ3) is 5.50. The number of benzene rings is 1. The molecule has 0 radical (unpaired) electrons. The van der Waals surface area contributed by atoms with Crippen molar-refractivity contribution in [3.63, 3.8) is 0 Å². The lowest BCUT2D eigenvalue weighted by Crippen LogP contribution is -2.24. The third-order valence-electron chi connectivity index (χ3n) is 2.38. The van der Waals surface area contributed by atoms with Gasteiger partial charge in [-0.25, -0.2) is 4.79 Å². The van der Waals surface area contributed by atoms with Gasteiger partial charge in [-0.2, -0.15) is 0 Å². The highest BCUT2D eigenvalue weighted by molar-refractivity contribution is 5.74. The first-order chi connectivity index (χ1) is 8.24. The van der Waals surface area contributed by atoms with Crippen LogP contribution in [0.5, 0.6) is 0 Å². The Morgan fingerprint density at radius 1 is 1.24 bits per heavy atom. The van der Waals surface area contributed by atoms with Crippen LogP contribution < -0.4 is 0 Å². The van der Waals surface area contributed by atoms with Gasteiger partial charge >= 0.3 is 5.97 Å². The minimum atomic E-state index is -0.481. The zero-order valence-corrected chi connectivity index (χ0v) is 10.5. The summed E-state index contributed by atoms with van der Waals surface area (Å²) >= 11 is 0. The van der Waals surface area contributed by atoms with E-state index in [1.54, 1.807) is 6.92 Å². The minimum absolute atomic E-state index is 0.278. The van der Waals surface area contributed by atoms with E-state index in [4.69, 9.17) is 9.47 Å². The Bertz CT molecular complexity index is 321. The molecule has 0 aliphatic carbocycles. The lowest BCUT2D eigenvalue weighted by molar-refractivity contribution is -0.155. The monoisotopic (exact) mass is 236 g/mol. The summed E-state index contributed by atoms with van der Waals surface area (Å²) < 4.78 is 10.4. The molecule has 0 saturated carbocycles. The predicted molar refractivity (Wildman–Crippen MR) is 66.8 cm³/mol. The van der Waals surface area contributed by atoms with Gasteiger partial charge in [0.1, 0.15) is 0 Å². The van der Waals surface area contributed by atoms with Gasteiger partial charge in [0.25, 0.3) is 0 Å². The second-order valence-electron chi connectivity index (χ2n) is 3.92. The summed E-state index contributed by atoms with van der Waals surface area (Å²) in [6, 6.07) is 10.1. The normalized spacial score (nSPS) is 12.1. The maximum absolute atomic E-state index is 11.4. The Balaban J connectivity index is 2.20. The molecule has 1 unspecified atom stereocenters. The predicted octanol–water partition coefficient (Wildman–Crippen LogP) is 2.59. The summed E-state index contributed by atoms with van der Waals surface area (Å²) in [4.78, 5) is 11.4. The van der Waals surface area contributed by atoms with Gasteiger partial charge in [-0.05, 0) is 25.3 Å². The average Bonchev–Trinajstić information content (AvgIpc) is 2.37. The molecule has 0 amide bonds. The molecule has 0 saturated heterocycles. The molecule has 3 heteroatoms. The quantitative estimate of drug-likeness (QED) is 0.683. The highest BCUT2D eigenvalue weighted by Gasteiger charge is 2.13. The molecule has 0 N–H and O–H groups in total. The van der Waals surface area contributed by atoms with Crippen LogP contribution in [0.3, 0.4) is 0 Å². The van der Waals surface area contributed by atoms with Gasteiger partial charge in [0, 0.05) is 0 Å². The van der Waals surface area contributed by atoms with E-state index in [9.17, 15) is 4.79 Å². The Morgan fingerprint density at radius 3 is 2.59 bits per heavy atom. The summed E-state index contributed by atoms with van der Waals surface area (Å²) in [5.41, 5.74) is 1.21. The molecule has 1 rings (SSSR count). The van der Waals surface area contributed by atoms with Crippen molar-refractivity contribution in [2.45, 2.75) is 32.8 Å². The van der Waals surface area contributed by atoms with E-state index in [0.717, 1.165) is 12.8 Å². The van der Waals surface area contributed by atoms with Crippen molar-refractivity contribution in [2.75, 3.05) is 13.2 Å². The summed E-state index contributed by atoms with van der Waals surface area (Å²) in [5, 5.41) is 0. The second-order valence-corrected chi connectivity index (χ2v) is 3.92. The Morgan fingerprint density at radius 2 is 1.94 bits per heavy atom. The zero-order valence-electron chi connectivity index (χ0n) is 10.5. The maximum Gasteiger partial charge on any atom is 0.334 e. The van der Waals surface area contributed by atoms with Crippen LogP contribution in [0, 0.1) is 0 Å². The van der Waals surface area contributed by atoms with Crippen molar-refractivity contribution in [2.24, 2.45) is 0 Å². The van der Waals surface area contributed by atoms with Crippen LogP contribution in [0.25, 0.3) is 0 Å². The van der Waals surface area contributed by atoms with Crippen LogP contribution >= 0.6 is 0 Å². The van der Waals surface area contributed by atoms with E-state index in [1.165, 1.54) is 5.56 Å². The van der Waals surface area contributed by atoms with Crippen LogP contribution in [-0.4, -0.2) is 25.3 Å². The van der Waals surface area contributed by atoms with E-state index in [2.05, 4.69) is 0 Å². The summed E-state index contributed by atoms with van der Waals surface area (Å²) in [6.07, 6.45) is 1.17. The molecule has 1 aromatic rings. The highest BCUT2D eigenvalue weighted by atomic mass is 16.6. The van der Waals surface area contributed by atoms with Gasteiger partial charge in [-0.15, -0.1) is 0 Å².